The molecule has 5 heteroatoms. The monoisotopic (exact) mass is 229 g/mol. The predicted octanol–water partition coefficient (Wildman–Crippen LogP) is 3.22. The first-order valence-electron chi connectivity index (χ1n) is 4.93. The van der Waals surface area contributed by atoms with Gasteiger partial charge in [0.1, 0.15) is 0 Å². The number of hydrogen-bond donors (Lipinski definition) is 1. The minimum Gasteiger partial charge on any atom is -0.395 e. The molecule has 3 nitrogen and oxygen atoms in total. The lowest BCUT2D eigenvalue weighted by molar-refractivity contribution is -0.286. The van der Waals surface area contributed by atoms with Crippen molar-refractivity contribution in [3.05, 3.63) is 18.2 Å². The summed E-state index contributed by atoms with van der Waals surface area (Å²) in [6.45, 7) is 5.94. The van der Waals surface area contributed by atoms with Crippen molar-refractivity contribution in [2.24, 2.45) is 0 Å². The van der Waals surface area contributed by atoms with Crippen LogP contribution < -0.4 is 14.8 Å². The summed E-state index contributed by atoms with van der Waals surface area (Å²) in [5.41, 5.74) is 0.573. The number of benzene rings is 1. The van der Waals surface area contributed by atoms with Gasteiger partial charge in [0.2, 0.25) is 0 Å². The standard InChI is InChI=1S/C11H13F2NO2/c1-10(2,3)14-7-4-5-8-9(6-7)16-11(12,13)15-8/h4-6,14H,1-3H3. The van der Waals surface area contributed by atoms with Crippen LogP contribution >= 0.6 is 0 Å². The highest BCUT2D eigenvalue weighted by Crippen LogP contribution is 2.42. The summed E-state index contributed by atoms with van der Waals surface area (Å²) in [5.74, 6) is 0.115. The van der Waals surface area contributed by atoms with Crippen molar-refractivity contribution in [1.29, 1.82) is 0 Å². The fraction of sp³-hybridized carbons (Fsp3) is 0.455. The normalized spacial score (nSPS) is 17.3. The Morgan fingerprint density at radius 1 is 1.12 bits per heavy atom. The number of alkyl halides is 2. The molecule has 2 rings (SSSR count). The quantitative estimate of drug-likeness (QED) is 0.802. The SMILES string of the molecule is CC(C)(C)Nc1ccc2c(c1)OC(F)(F)O2. The van der Waals surface area contributed by atoms with E-state index in [1.807, 2.05) is 20.8 Å². The minimum atomic E-state index is -3.55. The summed E-state index contributed by atoms with van der Waals surface area (Å²) in [6.07, 6.45) is -3.55. The van der Waals surface area contributed by atoms with Crippen molar-refractivity contribution in [1.82, 2.24) is 0 Å². The van der Waals surface area contributed by atoms with Gasteiger partial charge in [-0.15, -0.1) is 8.78 Å². The Labute approximate surface area is 92.4 Å². The second kappa shape index (κ2) is 3.23. The Morgan fingerprint density at radius 3 is 2.38 bits per heavy atom. The van der Waals surface area contributed by atoms with Crippen molar-refractivity contribution in [3.63, 3.8) is 0 Å². The van der Waals surface area contributed by atoms with Crippen LogP contribution in [0.1, 0.15) is 20.8 Å². The zero-order valence-electron chi connectivity index (χ0n) is 9.30. The number of hydrogen-bond acceptors (Lipinski definition) is 3. The van der Waals surface area contributed by atoms with Gasteiger partial charge in [0.15, 0.2) is 11.5 Å². The summed E-state index contributed by atoms with van der Waals surface area (Å²) < 4.78 is 34.1. The van der Waals surface area contributed by atoms with E-state index < -0.39 is 6.29 Å². The van der Waals surface area contributed by atoms with E-state index in [0.717, 1.165) is 0 Å². The van der Waals surface area contributed by atoms with Gasteiger partial charge < -0.3 is 14.8 Å². The first-order valence-corrected chi connectivity index (χ1v) is 4.93. The van der Waals surface area contributed by atoms with E-state index >= 15 is 0 Å². The van der Waals surface area contributed by atoms with Crippen molar-refractivity contribution in [2.45, 2.75) is 32.6 Å². The molecular weight excluding hydrogens is 216 g/mol. The van der Waals surface area contributed by atoms with Crippen LogP contribution in [0.3, 0.4) is 0 Å². The maximum Gasteiger partial charge on any atom is 0.586 e. The Morgan fingerprint density at radius 2 is 1.75 bits per heavy atom. The molecule has 1 N–H and O–H groups in total. The molecule has 0 amide bonds. The maximum absolute atomic E-state index is 12.7. The van der Waals surface area contributed by atoms with Crippen LogP contribution in [-0.4, -0.2) is 11.8 Å². The van der Waals surface area contributed by atoms with Gasteiger partial charge in [0, 0.05) is 17.3 Å². The second-order valence-electron chi connectivity index (χ2n) is 4.70. The van der Waals surface area contributed by atoms with Gasteiger partial charge in [0.25, 0.3) is 0 Å². The number of nitrogens with one attached hydrogen (secondary N) is 1. The van der Waals surface area contributed by atoms with Gasteiger partial charge >= 0.3 is 6.29 Å². The van der Waals surface area contributed by atoms with Crippen molar-refractivity contribution in [2.75, 3.05) is 5.32 Å². The van der Waals surface area contributed by atoms with Gasteiger partial charge in [-0.05, 0) is 32.9 Å². The minimum absolute atomic E-state index is 0.0549. The fourth-order valence-corrected chi connectivity index (χ4v) is 1.46. The lowest BCUT2D eigenvalue weighted by Crippen LogP contribution is -2.26. The fourth-order valence-electron chi connectivity index (χ4n) is 1.46. The zero-order valence-corrected chi connectivity index (χ0v) is 9.30. The molecule has 0 aromatic heterocycles. The molecular formula is C11H13F2NO2. The first-order chi connectivity index (χ1) is 7.25. The molecule has 1 aliphatic heterocycles. The number of ether oxygens (including phenoxy) is 2. The third kappa shape index (κ3) is 2.35. The average molecular weight is 229 g/mol. The van der Waals surface area contributed by atoms with E-state index in [1.165, 1.54) is 12.1 Å². The molecule has 16 heavy (non-hydrogen) atoms. The largest absolute Gasteiger partial charge is 0.586 e. The number of fused-ring (bicyclic) bond motifs is 1. The van der Waals surface area contributed by atoms with Crippen LogP contribution in [0, 0.1) is 0 Å². The van der Waals surface area contributed by atoms with Crippen LogP contribution in [0.25, 0.3) is 0 Å². The van der Waals surface area contributed by atoms with Gasteiger partial charge in [-0.25, -0.2) is 0 Å². The highest BCUT2D eigenvalue weighted by Gasteiger charge is 2.43. The van der Waals surface area contributed by atoms with Gasteiger partial charge in [-0.2, -0.15) is 0 Å². The van der Waals surface area contributed by atoms with Crippen LogP contribution in [0.4, 0.5) is 14.5 Å². The molecule has 1 aliphatic rings. The topological polar surface area (TPSA) is 30.5 Å². The van der Waals surface area contributed by atoms with E-state index in [2.05, 4.69) is 14.8 Å². The lowest BCUT2D eigenvalue weighted by Gasteiger charge is -2.22. The summed E-state index contributed by atoms with van der Waals surface area (Å²) in [5, 5.41) is 3.16. The summed E-state index contributed by atoms with van der Waals surface area (Å²) in [4.78, 5) is 0. The smallest absolute Gasteiger partial charge is 0.395 e. The van der Waals surface area contributed by atoms with E-state index in [4.69, 9.17) is 0 Å². The summed E-state index contributed by atoms with van der Waals surface area (Å²) >= 11 is 0. The molecule has 0 saturated carbocycles. The molecule has 0 saturated heterocycles. The molecule has 0 bridgehead atoms. The first kappa shape index (κ1) is 11.0. The average Bonchev–Trinajstić information content (AvgIpc) is 2.34. The lowest BCUT2D eigenvalue weighted by atomic mass is 10.1. The van der Waals surface area contributed by atoms with Crippen molar-refractivity contribution >= 4 is 5.69 Å². The Bertz CT molecular complexity index is 413. The molecule has 0 atom stereocenters. The van der Waals surface area contributed by atoms with E-state index in [9.17, 15) is 8.78 Å². The predicted molar refractivity (Wildman–Crippen MR) is 56.0 cm³/mol. The summed E-state index contributed by atoms with van der Waals surface area (Å²) in [7, 11) is 0. The van der Waals surface area contributed by atoms with E-state index in [0.29, 0.717) is 5.69 Å². The van der Waals surface area contributed by atoms with Crippen LogP contribution in [0.5, 0.6) is 11.5 Å². The van der Waals surface area contributed by atoms with Gasteiger partial charge in [-0.1, -0.05) is 0 Å². The molecule has 0 fully saturated rings. The van der Waals surface area contributed by atoms with Crippen LogP contribution in [0.2, 0.25) is 0 Å². The van der Waals surface area contributed by atoms with Crippen LogP contribution in [0.15, 0.2) is 18.2 Å². The molecule has 1 aromatic rings. The summed E-state index contributed by atoms with van der Waals surface area (Å²) in [6, 6.07) is 4.64. The third-order valence-electron chi connectivity index (χ3n) is 1.92. The van der Waals surface area contributed by atoms with Gasteiger partial charge in [0.05, 0.1) is 0 Å². The van der Waals surface area contributed by atoms with E-state index in [-0.39, 0.29) is 17.0 Å². The zero-order chi connectivity index (χ0) is 12.0. The number of rotatable bonds is 1. The third-order valence-corrected chi connectivity index (χ3v) is 1.92. The second-order valence-corrected chi connectivity index (χ2v) is 4.70. The van der Waals surface area contributed by atoms with Gasteiger partial charge in [-0.3, -0.25) is 0 Å². The highest BCUT2D eigenvalue weighted by molar-refractivity contribution is 5.56. The Balaban J connectivity index is 2.23. The molecule has 0 spiro atoms. The molecule has 0 radical (unpaired) electrons. The molecule has 1 heterocycles. The van der Waals surface area contributed by atoms with Crippen LogP contribution in [-0.2, 0) is 0 Å². The molecule has 0 aliphatic carbocycles. The molecule has 1 aromatic carbocycles. The molecule has 0 unspecified atom stereocenters. The number of anilines is 1. The van der Waals surface area contributed by atoms with Crippen molar-refractivity contribution < 1.29 is 18.3 Å². The number of halogens is 2. The van der Waals surface area contributed by atoms with E-state index in [1.54, 1.807) is 6.07 Å². The maximum atomic E-state index is 12.7. The molecule has 88 valence electrons. The van der Waals surface area contributed by atoms with Crippen molar-refractivity contribution in [3.8, 4) is 11.5 Å². The Kier molecular flexibility index (Phi) is 2.22. The Hall–Kier alpha value is -1.52. The highest BCUT2D eigenvalue weighted by atomic mass is 19.3.